The van der Waals surface area contributed by atoms with Gasteiger partial charge < -0.3 is 15.4 Å². The summed E-state index contributed by atoms with van der Waals surface area (Å²) >= 11 is 5.21. The highest BCUT2D eigenvalue weighted by atomic mass is 32.1. The van der Waals surface area contributed by atoms with Gasteiger partial charge in [0.1, 0.15) is 5.75 Å². The van der Waals surface area contributed by atoms with Gasteiger partial charge in [0.25, 0.3) is 0 Å². The molecule has 3 nitrogen and oxygen atoms in total. The van der Waals surface area contributed by atoms with Gasteiger partial charge in [-0.2, -0.15) is 8.78 Å². The van der Waals surface area contributed by atoms with Crippen molar-refractivity contribution >= 4 is 23.0 Å². The minimum Gasteiger partial charge on any atom is -0.435 e. The third-order valence-electron chi connectivity index (χ3n) is 2.98. The van der Waals surface area contributed by atoms with Crippen LogP contribution in [0.5, 0.6) is 5.75 Å². The predicted molar refractivity (Wildman–Crippen MR) is 81.3 cm³/mol. The summed E-state index contributed by atoms with van der Waals surface area (Å²) in [5.41, 5.74) is 0.797. The zero-order valence-electron chi connectivity index (χ0n) is 12.0. The third-order valence-corrected chi connectivity index (χ3v) is 3.20. The van der Waals surface area contributed by atoms with Crippen LogP contribution in [0, 0.1) is 5.41 Å². The van der Waals surface area contributed by atoms with Gasteiger partial charge in [0.2, 0.25) is 0 Å². The Morgan fingerprint density at radius 3 is 2.20 bits per heavy atom. The highest BCUT2D eigenvalue weighted by Gasteiger charge is 2.20. The van der Waals surface area contributed by atoms with Crippen LogP contribution in [0.2, 0.25) is 0 Å². The van der Waals surface area contributed by atoms with Crippen LogP contribution in [-0.2, 0) is 0 Å². The second-order valence-corrected chi connectivity index (χ2v) is 6.00. The number of thiocarbonyl (C=S) groups is 1. The maximum absolute atomic E-state index is 12.0. The molecule has 0 bridgehead atoms. The van der Waals surface area contributed by atoms with E-state index in [0.717, 1.165) is 0 Å². The largest absolute Gasteiger partial charge is 0.435 e. The van der Waals surface area contributed by atoms with Gasteiger partial charge in [0.15, 0.2) is 5.11 Å². The van der Waals surface area contributed by atoms with E-state index < -0.39 is 6.61 Å². The van der Waals surface area contributed by atoms with Gasteiger partial charge in [-0.3, -0.25) is 0 Å². The lowest BCUT2D eigenvalue weighted by Gasteiger charge is -2.29. The molecule has 1 rings (SSSR count). The summed E-state index contributed by atoms with van der Waals surface area (Å²) in [5, 5.41) is 6.68. The van der Waals surface area contributed by atoms with E-state index in [1.54, 1.807) is 12.1 Å². The second-order valence-electron chi connectivity index (χ2n) is 5.59. The Labute approximate surface area is 123 Å². The zero-order chi connectivity index (χ0) is 15.3. The fourth-order valence-electron chi connectivity index (χ4n) is 1.30. The van der Waals surface area contributed by atoms with Gasteiger partial charge in [-0.15, -0.1) is 0 Å². The first-order valence-corrected chi connectivity index (χ1v) is 6.71. The van der Waals surface area contributed by atoms with Crippen molar-refractivity contribution in [1.29, 1.82) is 0 Å². The van der Waals surface area contributed by atoms with Crippen molar-refractivity contribution in [3.63, 3.8) is 0 Å². The first kappa shape index (κ1) is 16.6. The number of alkyl halides is 2. The summed E-state index contributed by atoms with van der Waals surface area (Å²) in [6, 6.07) is 6.39. The fraction of sp³-hybridized carbons (Fsp3) is 0.500. The van der Waals surface area contributed by atoms with Crippen molar-refractivity contribution in [3.8, 4) is 5.75 Å². The quantitative estimate of drug-likeness (QED) is 0.823. The smallest absolute Gasteiger partial charge is 0.387 e. The van der Waals surface area contributed by atoms with Crippen LogP contribution in [0.25, 0.3) is 0 Å². The first-order valence-electron chi connectivity index (χ1n) is 6.31. The minimum absolute atomic E-state index is 0.0840. The Kier molecular flexibility index (Phi) is 5.68. The Bertz CT molecular complexity index is 443. The molecule has 0 aliphatic carbocycles. The molecule has 0 fully saturated rings. The molecular formula is C14H20F2N2OS. The third kappa shape index (κ3) is 5.69. The van der Waals surface area contributed by atoms with E-state index in [1.807, 2.05) is 6.92 Å². The number of hydrogen-bond donors (Lipinski definition) is 2. The van der Waals surface area contributed by atoms with Crippen LogP contribution in [0.1, 0.15) is 27.7 Å². The molecule has 0 heterocycles. The minimum atomic E-state index is -2.82. The molecule has 20 heavy (non-hydrogen) atoms. The van der Waals surface area contributed by atoms with Crippen molar-refractivity contribution in [2.45, 2.75) is 40.3 Å². The summed E-state index contributed by atoms with van der Waals surface area (Å²) in [5.74, 6) is 0.118. The zero-order valence-corrected chi connectivity index (χ0v) is 12.9. The van der Waals surface area contributed by atoms with Crippen molar-refractivity contribution in [2.24, 2.45) is 5.41 Å². The number of rotatable bonds is 4. The fourth-order valence-corrected chi connectivity index (χ4v) is 1.59. The van der Waals surface area contributed by atoms with Crippen LogP contribution in [-0.4, -0.2) is 17.8 Å². The lowest BCUT2D eigenvalue weighted by Crippen LogP contribution is -2.43. The molecule has 0 aromatic heterocycles. The number of anilines is 1. The van der Waals surface area contributed by atoms with E-state index in [-0.39, 0.29) is 17.2 Å². The Hall–Kier alpha value is -1.43. The van der Waals surface area contributed by atoms with Crippen molar-refractivity contribution in [2.75, 3.05) is 5.32 Å². The second kappa shape index (κ2) is 6.83. The molecule has 1 atom stereocenters. The number of hydrogen-bond acceptors (Lipinski definition) is 2. The Morgan fingerprint density at radius 2 is 1.75 bits per heavy atom. The molecule has 0 aliphatic heterocycles. The topological polar surface area (TPSA) is 33.3 Å². The van der Waals surface area contributed by atoms with Crippen molar-refractivity contribution in [1.82, 2.24) is 5.32 Å². The Morgan fingerprint density at radius 1 is 1.20 bits per heavy atom. The molecule has 0 aliphatic rings. The summed E-state index contributed by atoms with van der Waals surface area (Å²) < 4.78 is 28.3. The molecule has 0 spiro atoms. The van der Waals surface area contributed by atoms with Crippen LogP contribution < -0.4 is 15.4 Å². The van der Waals surface area contributed by atoms with Crippen molar-refractivity contribution in [3.05, 3.63) is 24.3 Å². The van der Waals surface area contributed by atoms with E-state index >= 15 is 0 Å². The van der Waals surface area contributed by atoms with E-state index in [4.69, 9.17) is 12.2 Å². The van der Waals surface area contributed by atoms with Crippen LogP contribution >= 0.6 is 12.2 Å². The number of benzene rings is 1. The summed E-state index contributed by atoms with van der Waals surface area (Å²) in [7, 11) is 0. The van der Waals surface area contributed by atoms with Gasteiger partial charge in [-0.05, 0) is 48.8 Å². The molecule has 0 radical (unpaired) electrons. The SMILES string of the molecule is C[C@@H](NC(=S)Nc1ccc(OC(F)F)cc1)C(C)(C)C. The molecule has 112 valence electrons. The predicted octanol–water partition coefficient (Wildman–Crippen LogP) is 4.01. The lowest BCUT2D eigenvalue weighted by molar-refractivity contribution is -0.0498. The van der Waals surface area contributed by atoms with Crippen LogP contribution in [0.4, 0.5) is 14.5 Å². The molecule has 1 aromatic rings. The van der Waals surface area contributed by atoms with E-state index in [0.29, 0.717) is 10.8 Å². The summed E-state index contributed by atoms with van der Waals surface area (Å²) in [6.07, 6.45) is 0. The van der Waals surface area contributed by atoms with Crippen molar-refractivity contribution < 1.29 is 13.5 Å². The van der Waals surface area contributed by atoms with Gasteiger partial charge in [0, 0.05) is 11.7 Å². The molecule has 2 N–H and O–H groups in total. The number of ether oxygens (including phenoxy) is 1. The van der Waals surface area contributed by atoms with E-state index in [2.05, 4.69) is 36.1 Å². The average molecular weight is 302 g/mol. The molecular weight excluding hydrogens is 282 g/mol. The molecule has 0 saturated heterocycles. The molecule has 0 saturated carbocycles. The average Bonchev–Trinajstić information content (AvgIpc) is 2.29. The molecule has 0 amide bonds. The van der Waals surface area contributed by atoms with Crippen LogP contribution in [0.15, 0.2) is 24.3 Å². The van der Waals surface area contributed by atoms with Gasteiger partial charge in [-0.25, -0.2) is 0 Å². The molecule has 6 heteroatoms. The molecule has 0 unspecified atom stereocenters. The standard InChI is InChI=1S/C14H20F2N2OS/c1-9(14(2,3)4)17-13(20)18-10-5-7-11(8-6-10)19-12(15)16/h5-9,12H,1-4H3,(H2,17,18,20)/t9-/m1/s1. The Balaban J connectivity index is 2.54. The van der Waals surface area contributed by atoms with Gasteiger partial charge in [-0.1, -0.05) is 20.8 Å². The maximum atomic E-state index is 12.0. The maximum Gasteiger partial charge on any atom is 0.387 e. The van der Waals surface area contributed by atoms with E-state index in [1.165, 1.54) is 12.1 Å². The van der Waals surface area contributed by atoms with Gasteiger partial charge >= 0.3 is 6.61 Å². The monoisotopic (exact) mass is 302 g/mol. The lowest BCUT2D eigenvalue weighted by atomic mass is 9.88. The number of halogens is 2. The summed E-state index contributed by atoms with van der Waals surface area (Å²) in [4.78, 5) is 0. The first-order chi connectivity index (χ1) is 9.18. The van der Waals surface area contributed by atoms with E-state index in [9.17, 15) is 8.78 Å². The van der Waals surface area contributed by atoms with Gasteiger partial charge in [0.05, 0.1) is 0 Å². The molecule has 1 aromatic carbocycles. The van der Waals surface area contributed by atoms with Crippen LogP contribution in [0.3, 0.4) is 0 Å². The number of nitrogens with one attached hydrogen (secondary N) is 2. The normalized spacial score (nSPS) is 12.9. The summed E-state index contributed by atoms with van der Waals surface area (Å²) in [6.45, 7) is 5.58. The highest BCUT2D eigenvalue weighted by molar-refractivity contribution is 7.80. The highest BCUT2D eigenvalue weighted by Crippen LogP contribution is 2.20.